The van der Waals surface area contributed by atoms with Crippen LogP contribution in [0, 0.1) is 0 Å². The number of unbranched alkanes of at least 4 members (excludes halogenated alkanes) is 3. The Hall–Kier alpha value is -1.15. The van der Waals surface area contributed by atoms with E-state index in [0.717, 1.165) is 18.4 Å². The van der Waals surface area contributed by atoms with Gasteiger partial charge in [-0.05, 0) is 12.8 Å². The largest absolute Gasteiger partial charge is 0.393 e. The van der Waals surface area contributed by atoms with Gasteiger partial charge in [0.1, 0.15) is 0 Å². The van der Waals surface area contributed by atoms with Crippen LogP contribution in [-0.2, 0) is 0 Å². The van der Waals surface area contributed by atoms with Crippen molar-refractivity contribution in [1.82, 2.24) is 0 Å². The van der Waals surface area contributed by atoms with Crippen LogP contribution in [0.15, 0.2) is 30.3 Å². The molecular weight excluding hydrogens is 224 g/mol. The molecule has 0 aliphatic heterocycles. The molecule has 2 heteroatoms. The molecule has 0 heterocycles. The second-order valence-electron chi connectivity index (χ2n) is 4.83. The Morgan fingerprint density at radius 1 is 1.11 bits per heavy atom. The van der Waals surface area contributed by atoms with Gasteiger partial charge < -0.3 is 5.11 Å². The minimum atomic E-state index is -0.325. The molecule has 1 unspecified atom stereocenters. The monoisotopic (exact) mass is 248 g/mol. The standard InChI is InChI=1S/C16H24O2/c1-2-3-4-8-11-15(17)12-13-16(18)14-9-6-5-7-10-14/h5-7,9-10,15,17H,2-4,8,11-13H2,1H3. The fourth-order valence-corrected chi connectivity index (χ4v) is 2.02. The number of ketones is 1. The topological polar surface area (TPSA) is 37.3 Å². The normalized spacial score (nSPS) is 12.3. The number of aliphatic hydroxyl groups excluding tert-OH is 1. The second kappa shape index (κ2) is 8.87. The Balaban J connectivity index is 2.18. The summed E-state index contributed by atoms with van der Waals surface area (Å²) in [5, 5.41) is 9.79. The Labute approximate surface area is 110 Å². The zero-order chi connectivity index (χ0) is 13.2. The van der Waals surface area contributed by atoms with Crippen LogP contribution < -0.4 is 0 Å². The molecule has 2 nitrogen and oxygen atoms in total. The van der Waals surface area contributed by atoms with E-state index >= 15 is 0 Å². The lowest BCUT2D eigenvalue weighted by molar-refractivity contribution is 0.0931. The van der Waals surface area contributed by atoms with Gasteiger partial charge in [0.05, 0.1) is 6.10 Å². The van der Waals surface area contributed by atoms with Crippen LogP contribution >= 0.6 is 0 Å². The summed E-state index contributed by atoms with van der Waals surface area (Å²) in [6.45, 7) is 2.18. The Morgan fingerprint density at radius 2 is 1.83 bits per heavy atom. The molecule has 0 aromatic heterocycles. The van der Waals surface area contributed by atoms with Crippen LogP contribution in [0.25, 0.3) is 0 Å². The highest BCUT2D eigenvalue weighted by Crippen LogP contribution is 2.12. The first-order valence-corrected chi connectivity index (χ1v) is 7.00. The van der Waals surface area contributed by atoms with E-state index in [1.807, 2.05) is 30.3 Å². The predicted molar refractivity (Wildman–Crippen MR) is 74.8 cm³/mol. The maximum atomic E-state index is 11.8. The molecule has 0 saturated heterocycles. The zero-order valence-electron chi connectivity index (χ0n) is 11.3. The van der Waals surface area contributed by atoms with E-state index in [-0.39, 0.29) is 11.9 Å². The summed E-state index contributed by atoms with van der Waals surface area (Å²) in [6, 6.07) is 9.30. The summed E-state index contributed by atoms with van der Waals surface area (Å²) in [5.74, 6) is 0.128. The molecule has 0 radical (unpaired) electrons. The minimum Gasteiger partial charge on any atom is -0.393 e. The molecule has 0 spiro atoms. The molecule has 0 bridgehead atoms. The van der Waals surface area contributed by atoms with Crippen LogP contribution in [0.5, 0.6) is 0 Å². The molecule has 1 atom stereocenters. The first-order valence-electron chi connectivity index (χ1n) is 7.00. The van der Waals surface area contributed by atoms with Gasteiger partial charge in [0.15, 0.2) is 5.78 Å². The van der Waals surface area contributed by atoms with Gasteiger partial charge in [-0.2, -0.15) is 0 Å². The first-order chi connectivity index (χ1) is 8.74. The molecule has 1 N–H and O–H groups in total. The number of Topliss-reactive ketones (excluding diaryl/α,β-unsaturated/α-hetero) is 1. The van der Waals surface area contributed by atoms with Crippen molar-refractivity contribution in [3.8, 4) is 0 Å². The molecule has 1 rings (SSSR count). The van der Waals surface area contributed by atoms with Crippen LogP contribution in [-0.4, -0.2) is 17.0 Å². The molecule has 0 saturated carbocycles. The molecule has 0 aliphatic rings. The quantitative estimate of drug-likeness (QED) is 0.530. The average Bonchev–Trinajstić information content (AvgIpc) is 2.42. The van der Waals surface area contributed by atoms with Crippen molar-refractivity contribution in [2.75, 3.05) is 0 Å². The number of hydrogen-bond acceptors (Lipinski definition) is 2. The number of carbonyl (C=O) groups excluding carboxylic acids is 1. The van der Waals surface area contributed by atoms with Crippen LogP contribution in [0.4, 0.5) is 0 Å². The van der Waals surface area contributed by atoms with E-state index in [1.54, 1.807) is 0 Å². The van der Waals surface area contributed by atoms with Crippen LogP contribution in [0.2, 0.25) is 0 Å². The second-order valence-corrected chi connectivity index (χ2v) is 4.83. The summed E-state index contributed by atoms with van der Waals surface area (Å²) >= 11 is 0. The third-order valence-electron chi connectivity index (χ3n) is 3.19. The molecule has 0 aliphatic carbocycles. The van der Waals surface area contributed by atoms with Gasteiger partial charge in [0, 0.05) is 12.0 Å². The van der Waals surface area contributed by atoms with Gasteiger partial charge in [0.25, 0.3) is 0 Å². The lowest BCUT2D eigenvalue weighted by atomic mass is 10.0. The maximum absolute atomic E-state index is 11.8. The SMILES string of the molecule is CCCCCCC(O)CCC(=O)c1ccccc1. The smallest absolute Gasteiger partial charge is 0.162 e. The third-order valence-corrected chi connectivity index (χ3v) is 3.19. The van der Waals surface area contributed by atoms with Gasteiger partial charge in [-0.1, -0.05) is 62.9 Å². The molecular formula is C16H24O2. The van der Waals surface area contributed by atoms with Gasteiger partial charge in [-0.3, -0.25) is 4.79 Å². The molecule has 0 fully saturated rings. The lowest BCUT2D eigenvalue weighted by Crippen LogP contribution is -2.10. The number of carbonyl (C=O) groups is 1. The zero-order valence-corrected chi connectivity index (χ0v) is 11.3. The number of hydrogen-bond donors (Lipinski definition) is 1. The van der Waals surface area contributed by atoms with E-state index in [1.165, 1.54) is 19.3 Å². The average molecular weight is 248 g/mol. The highest BCUT2D eigenvalue weighted by molar-refractivity contribution is 5.95. The highest BCUT2D eigenvalue weighted by atomic mass is 16.3. The van der Waals surface area contributed by atoms with Crippen molar-refractivity contribution in [2.24, 2.45) is 0 Å². The predicted octanol–water partition coefficient (Wildman–Crippen LogP) is 3.98. The van der Waals surface area contributed by atoms with Crippen molar-refractivity contribution >= 4 is 5.78 Å². The van der Waals surface area contributed by atoms with Crippen molar-refractivity contribution < 1.29 is 9.90 Å². The molecule has 18 heavy (non-hydrogen) atoms. The van der Waals surface area contributed by atoms with Gasteiger partial charge in [0.2, 0.25) is 0 Å². The van der Waals surface area contributed by atoms with Gasteiger partial charge in [-0.25, -0.2) is 0 Å². The Bertz CT molecular complexity index is 332. The summed E-state index contributed by atoms with van der Waals surface area (Å²) in [6.07, 6.45) is 6.21. The third kappa shape index (κ3) is 5.97. The number of rotatable bonds is 9. The van der Waals surface area contributed by atoms with Crippen LogP contribution in [0.1, 0.15) is 62.2 Å². The van der Waals surface area contributed by atoms with Crippen molar-refractivity contribution in [3.63, 3.8) is 0 Å². The van der Waals surface area contributed by atoms with E-state index < -0.39 is 0 Å². The van der Waals surface area contributed by atoms with E-state index in [9.17, 15) is 9.90 Å². The fraction of sp³-hybridized carbons (Fsp3) is 0.562. The van der Waals surface area contributed by atoms with Crippen molar-refractivity contribution in [1.29, 1.82) is 0 Å². The first kappa shape index (κ1) is 14.9. The summed E-state index contributed by atoms with van der Waals surface area (Å²) in [4.78, 5) is 11.8. The molecule has 0 amide bonds. The summed E-state index contributed by atoms with van der Waals surface area (Å²) < 4.78 is 0. The minimum absolute atomic E-state index is 0.128. The molecule has 1 aromatic carbocycles. The number of benzene rings is 1. The van der Waals surface area contributed by atoms with Gasteiger partial charge in [-0.15, -0.1) is 0 Å². The summed E-state index contributed by atoms with van der Waals surface area (Å²) in [7, 11) is 0. The van der Waals surface area contributed by atoms with Gasteiger partial charge >= 0.3 is 0 Å². The van der Waals surface area contributed by atoms with E-state index in [0.29, 0.717) is 12.8 Å². The Kier molecular flexibility index (Phi) is 7.35. The van der Waals surface area contributed by atoms with E-state index in [2.05, 4.69) is 6.92 Å². The molecule has 100 valence electrons. The molecule has 1 aromatic rings. The van der Waals surface area contributed by atoms with Crippen molar-refractivity contribution in [3.05, 3.63) is 35.9 Å². The number of aliphatic hydroxyl groups is 1. The van der Waals surface area contributed by atoms with Crippen LogP contribution in [0.3, 0.4) is 0 Å². The van der Waals surface area contributed by atoms with E-state index in [4.69, 9.17) is 0 Å². The Morgan fingerprint density at radius 3 is 2.50 bits per heavy atom. The maximum Gasteiger partial charge on any atom is 0.162 e. The highest BCUT2D eigenvalue weighted by Gasteiger charge is 2.09. The summed E-state index contributed by atoms with van der Waals surface area (Å²) in [5.41, 5.74) is 0.746. The lowest BCUT2D eigenvalue weighted by Gasteiger charge is -2.09. The van der Waals surface area contributed by atoms with Crippen molar-refractivity contribution in [2.45, 2.75) is 58.0 Å². The fourth-order valence-electron chi connectivity index (χ4n) is 2.02.